The smallest absolute Gasteiger partial charge is 0.128 e. The number of ether oxygens (including phenoxy) is 3. The van der Waals surface area contributed by atoms with Crippen LogP contribution in [0.2, 0.25) is 0 Å². The summed E-state index contributed by atoms with van der Waals surface area (Å²) in [5.74, 6) is 1.53. The van der Waals surface area contributed by atoms with Gasteiger partial charge in [-0.05, 0) is 19.9 Å². The maximum Gasteiger partial charge on any atom is 0.128 e. The van der Waals surface area contributed by atoms with E-state index in [0.29, 0.717) is 19.8 Å². The Morgan fingerprint density at radius 1 is 1.35 bits per heavy atom. The maximum absolute atomic E-state index is 5.80. The van der Waals surface area contributed by atoms with Crippen LogP contribution in [0.1, 0.15) is 19.4 Å². The molecular weight excluding hydrogens is 218 g/mol. The minimum absolute atomic E-state index is 0.00708. The summed E-state index contributed by atoms with van der Waals surface area (Å²) in [6.45, 7) is 5.63. The highest BCUT2D eigenvalue weighted by atomic mass is 16.5. The maximum atomic E-state index is 5.80. The first-order chi connectivity index (χ1) is 8.21. The molecule has 1 aromatic rings. The van der Waals surface area contributed by atoms with Crippen LogP contribution in [-0.4, -0.2) is 26.4 Å². The Labute approximate surface area is 103 Å². The van der Waals surface area contributed by atoms with Crippen LogP contribution >= 0.6 is 0 Å². The molecule has 0 spiro atoms. The summed E-state index contributed by atoms with van der Waals surface area (Å²) in [4.78, 5) is 0. The topological polar surface area (TPSA) is 53.7 Å². The van der Waals surface area contributed by atoms with Crippen LogP contribution < -0.4 is 15.2 Å². The highest BCUT2D eigenvalue weighted by Crippen LogP contribution is 2.25. The second kappa shape index (κ2) is 7.14. The second-order valence-electron chi connectivity index (χ2n) is 3.77. The standard InChI is InChI=1S/C13H21NO3/c1-4-16-9-10(2)17-13-7-12(15-3)6-5-11(13)8-14/h5-7,10H,4,8-9,14H2,1-3H3. The van der Waals surface area contributed by atoms with Crippen LogP contribution in [0.3, 0.4) is 0 Å². The summed E-state index contributed by atoms with van der Waals surface area (Å²) >= 11 is 0. The van der Waals surface area contributed by atoms with Gasteiger partial charge in [0.1, 0.15) is 17.6 Å². The molecular formula is C13H21NO3. The lowest BCUT2D eigenvalue weighted by atomic mass is 10.2. The molecule has 0 amide bonds. The number of hydrogen-bond acceptors (Lipinski definition) is 4. The Balaban J connectivity index is 2.72. The molecule has 2 N–H and O–H groups in total. The van der Waals surface area contributed by atoms with Gasteiger partial charge >= 0.3 is 0 Å². The van der Waals surface area contributed by atoms with Crippen molar-refractivity contribution in [3.8, 4) is 11.5 Å². The minimum Gasteiger partial charge on any atom is -0.497 e. The monoisotopic (exact) mass is 239 g/mol. The summed E-state index contributed by atoms with van der Waals surface area (Å²) in [6.07, 6.45) is -0.00708. The van der Waals surface area contributed by atoms with Gasteiger partial charge in [0, 0.05) is 24.8 Å². The lowest BCUT2D eigenvalue weighted by Gasteiger charge is -2.17. The van der Waals surface area contributed by atoms with Gasteiger partial charge in [0.15, 0.2) is 0 Å². The Morgan fingerprint density at radius 2 is 2.12 bits per heavy atom. The fourth-order valence-corrected chi connectivity index (χ4v) is 1.47. The van der Waals surface area contributed by atoms with Gasteiger partial charge in [-0.3, -0.25) is 0 Å². The third kappa shape index (κ3) is 4.24. The number of rotatable bonds is 7. The molecule has 96 valence electrons. The van der Waals surface area contributed by atoms with Gasteiger partial charge in [-0.15, -0.1) is 0 Å². The van der Waals surface area contributed by atoms with Gasteiger partial charge in [-0.1, -0.05) is 6.07 Å². The lowest BCUT2D eigenvalue weighted by Crippen LogP contribution is -2.20. The van der Waals surface area contributed by atoms with E-state index in [9.17, 15) is 0 Å². The fourth-order valence-electron chi connectivity index (χ4n) is 1.47. The summed E-state index contributed by atoms with van der Waals surface area (Å²) in [6, 6.07) is 5.65. The van der Waals surface area contributed by atoms with Gasteiger partial charge in [0.25, 0.3) is 0 Å². The third-order valence-electron chi connectivity index (χ3n) is 2.38. The summed E-state index contributed by atoms with van der Waals surface area (Å²) in [7, 11) is 1.63. The van der Waals surface area contributed by atoms with E-state index >= 15 is 0 Å². The van der Waals surface area contributed by atoms with E-state index in [0.717, 1.165) is 17.1 Å². The van der Waals surface area contributed by atoms with Crippen molar-refractivity contribution in [1.29, 1.82) is 0 Å². The van der Waals surface area contributed by atoms with Crippen LogP contribution in [0.4, 0.5) is 0 Å². The van der Waals surface area contributed by atoms with E-state index in [1.165, 1.54) is 0 Å². The molecule has 4 heteroatoms. The first-order valence-corrected chi connectivity index (χ1v) is 5.82. The third-order valence-corrected chi connectivity index (χ3v) is 2.38. The Hall–Kier alpha value is -1.26. The van der Waals surface area contributed by atoms with Crippen molar-refractivity contribution in [3.63, 3.8) is 0 Å². The molecule has 17 heavy (non-hydrogen) atoms. The van der Waals surface area contributed by atoms with E-state index in [1.807, 2.05) is 32.0 Å². The van der Waals surface area contributed by atoms with Gasteiger partial charge in [0.05, 0.1) is 13.7 Å². The molecule has 0 aliphatic heterocycles. The quantitative estimate of drug-likeness (QED) is 0.790. The van der Waals surface area contributed by atoms with Gasteiger partial charge in [-0.25, -0.2) is 0 Å². The van der Waals surface area contributed by atoms with Crippen molar-refractivity contribution < 1.29 is 14.2 Å². The molecule has 0 saturated heterocycles. The molecule has 4 nitrogen and oxygen atoms in total. The first kappa shape index (κ1) is 13.8. The normalized spacial score (nSPS) is 12.2. The van der Waals surface area contributed by atoms with Crippen molar-refractivity contribution in [2.24, 2.45) is 5.73 Å². The summed E-state index contributed by atoms with van der Waals surface area (Å²) < 4.78 is 16.3. The molecule has 1 unspecified atom stereocenters. The van der Waals surface area contributed by atoms with Crippen molar-refractivity contribution in [1.82, 2.24) is 0 Å². The van der Waals surface area contributed by atoms with Crippen molar-refractivity contribution in [2.75, 3.05) is 20.3 Å². The molecule has 0 aliphatic rings. The number of methoxy groups -OCH3 is 1. The van der Waals surface area contributed by atoms with Crippen molar-refractivity contribution in [3.05, 3.63) is 23.8 Å². The van der Waals surface area contributed by atoms with Crippen molar-refractivity contribution >= 4 is 0 Å². The Kier molecular flexibility index (Phi) is 5.80. The summed E-state index contributed by atoms with van der Waals surface area (Å²) in [5, 5.41) is 0. The van der Waals surface area contributed by atoms with Crippen LogP contribution in [0.25, 0.3) is 0 Å². The molecule has 0 heterocycles. The Bertz CT molecular complexity index is 341. The van der Waals surface area contributed by atoms with Gasteiger partial charge in [0.2, 0.25) is 0 Å². The fraction of sp³-hybridized carbons (Fsp3) is 0.538. The van der Waals surface area contributed by atoms with Crippen LogP contribution in [0, 0.1) is 0 Å². The molecule has 0 aromatic heterocycles. The molecule has 0 aliphatic carbocycles. The molecule has 0 radical (unpaired) electrons. The molecule has 0 saturated carbocycles. The van der Waals surface area contributed by atoms with Gasteiger partial charge in [-0.2, -0.15) is 0 Å². The number of hydrogen-bond donors (Lipinski definition) is 1. The van der Waals surface area contributed by atoms with E-state index in [1.54, 1.807) is 7.11 Å². The van der Waals surface area contributed by atoms with E-state index < -0.39 is 0 Å². The highest BCUT2D eigenvalue weighted by molar-refractivity contribution is 5.40. The average Bonchev–Trinajstić information content (AvgIpc) is 2.36. The lowest BCUT2D eigenvalue weighted by molar-refractivity contribution is 0.0651. The molecule has 0 fully saturated rings. The Morgan fingerprint density at radius 3 is 2.71 bits per heavy atom. The predicted molar refractivity (Wildman–Crippen MR) is 67.5 cm³/mol. The van der Waals surface area contributed by atoms with E-state index in [2.05, 4.69) is 0 Å². The molecule has 1 aromatic carbocycles. The van der Waals surface area contributed by atoms with Crippen LogP contribution in [0.5, 0.6) is 11.5 Å². The van der Waals surface area contributed by atoms with Gasteiger partial charge < -0.3 is 19.9 Å². The zero-order valence-corrected chi connectivity index (χ0v) is 10.7. The SMILES string of the molecule is CCOCC(C)Oc1cc(OC)ccc1CN. The van der Waals surface area contributed by atoms with Crippen molar-refractivity contribution in [2.45, 2.75) is 26.5 Å². The summed E-state index contributed by atoms with van der Waals surface area (Å²) in [5.41, 5.74) is 6.63. The van der Waals surface area contributed by atoms with E-state index in [-0.39, 0.29) is 6.10 Å². The number of benzene rings is 1. The minimum atomic E-state index is -0.00708. The largest absolute Gasteiger partial charge is 0.497 e. The highest BCUT2D eigenvalue weighted by Gasteiger charge is 2.09. The zero-order chi connectivity index (χ0) is 12.7. The molecule has 1 atom stereocenters. The van der Waals surface area contributed by atoms with Crippen LogP contribution in [0.15, 0.2) is 18.2 Å². The average molecular weight is 239 g/mol. The number of nitrogens with two attached hydrogens (primary N) is 1. The first-order valence-electron chi connectivity index (χ1n) is 5.82. The zero-order valence-electron chi connectivity index (χ0n) is 10.7. The molecule has 0 bridgehead atoms. The second-order valence-corrected chi connectivity index (χ2v) is 3.77. The molecule has 1 rings (SSSR count). The van der Waals surface area contributed by atoms with Crippen LogP contribution in [-0.2, 0) is 11.3 Å². The van der Waals surface area contributed by atoms with E-state index in [4.69, 9.17) is 19.9 Å². The predicted octanol–water partition coefficient (Wildman–Crippen LogP) is 1.96.